The van der Waals surface area contributed by atoms with Crippen LogP contribution in [0.4, 0.5) is 0 Å². The number of nitrogens with zero attached hydrogens (tertiary/aromatic N) is 1. The van der Waals surface area contributed by atoms with Crippen LogP contribution >= 0.6 is 11.8 Å². The van der Waals surface area contributed by atoms with Crippen LogP contribution in [0.5, 0.6) is 0 Å². The van der Waals surface area contributed by atoms with Crippen molar-refractivity contribution in [1.82, 2.24) is 15.3 Å². The second kappa shape index (κ2) is 6.67. The molecule has 0 unspecified atom stereocenters. The standard InChI is InChI=1S/C13H19N3S/c1-2-17-9-5-8-14-10-13-15-11-6-3-4-7-12(11)16-13/h3-4,6-7,14H,2,5,8-10H2,1H3,(H,15,16). The fourth-order valence-corrected chi connectivity index (χ4v) is 2.38. The van der Waals surface area contributed by atoms with E-state index in [-0.39, 0.29) is 0 Å². The predicted octanol–water partition coefficient (Wildman–Crippen LogP) is 2.80. The molecule has 2 aromatic rings. The number of fused-ring (bicyclic) bond motifs is 1. The van der Waals surface area contributed by atoms with Crippen LogP contribution in [0.3, 0.4) is 0 Å². The molecule has 3 nitrogen and oxygen atoms in total. The van der Waals surface area contributed by atoms with Gasteiger partial charge in [0.2, 0.25) is 0 Å². The molecule has 0 fully saturated rings. The predicted molar refractivity (Wildman–Crippen MR) is 75.4 cm³/mol. The lowest BCUT2D eigenvalue weighted by atomic mass is 10.3. The van der Waals surface area contributed by atoms with E-state index in [1.165, 1.54) is 17.9 Å². The maximum atomic E-state index is 4.52. The number of nitrogens with one attached hydrogen (secondary N) is 2. The fourth-order valence-electron chi connectivity index (χ4n) is 1.74. The van der Waals surface area contributed by atoms with Crippen molar-refractivity contribution in [1.29, 1.82) is 0 Å². The zero-order chi connectivity index (χ0) is 11.9. The molecule has 1 heterocycles. The molecule has 1 aromatic heterocycles. The van der Waals surface area contributed by atoms with Crippen molar-refractivity contribution in [2.75, 3.05) is 18.1 Å². The number of hydrogen-bond donors (Lipinski definition) is 2. The maximum Gasteiger partial charge on any atom is 0.121 e. The van der Waals surface area contributed by atoms with Crippen LogP contribution in [-0.4, -0.2) is 28.0 Å². The Morgan fingerprint density at radius 2 is 2.24 bits per heavy atom. The number of benzene rings is 1. The highest BCUT2D eigenvalue weighted by Gasteiger charge is 2.00. The maximum absolute atomic E-state index is 4.52. The SMILES string of the molecule is CCSCCCNCc1nc2ccccc2[nH]1. The van der Waals surface area contributed by atoms with Gasteiger partial charge in [0.15, 0.2) is 0 Å². The molecular formula is C13H19N3S. The van der Waals surface area contributed by atoms with E-state index in [0.717, 1.165) is 29.9 Å². The minimum atomic E-state index is 0.825. The quantitative estimate of drug-likeness (QED) is 0.741. The monoisotopic (exact) mass is 249 g/mol. The second-order valence-electron chi connectivity index (χ2n) is 3.93. The van der Waals surface area contributed by atoms with Crippen LogP contribution in [-0.2, 0) is 6.54 Å². The molecular weight excluding hydrogens is 230 g/mol. The van der Waals surface area contributed by atoms with Gasteiger partial charge in [0.1, 0.15) is 5.82 Å². The van der Waals surface area contributed by atoms with Crippen molar-refractivity contribution >= 4 is 22.8 Å². The van der Waals surface area contributed by atoms with E-state index in [0.29, 0.717) is 0 Å². The second-order valence-corrected chi connectivity index (χ2v) is 5.32. The number of rotatable bonds is 7. The third kappa shape index (κ3) is 3.75. The highest BCUT2D eigenvalue weighted by Crippen LogP contribution is 2.09. The number of thioether (sulfide) groups is 1. The van der Waals surface area contributed by atoms with Gasteiger partial charge in [-0.1, -0.05) is 19.1 Å². The van der Waals surface area contributed by atoms with Gasteiger partial charge in [-0.05, 0) is 36.6 Å². The van der Waals surface area contributed by atoms with Crippen molar-refractivity contribution in [2.45, 2.75) is 19.9 Å². The Morgan fingerprint density at radius 3 is 3.06 bits per heavy atom. The number of H-pyrrole nitrogens is 1. The Morgan fingerprint density at radius 1 is 1.35 bits per heavy atom. The average molecular weight is 249 g/mol. The Kier molecular flexibility index (Phi) is 4.88. The summed E-state index contributed by atoms with van der Waals surface area (Å²) < 4.78 is 0. The van der Waals surface area contributed by atoms with Gasteiger partial charge >= 0.3 is 0 Å². The number of imidazole rings is 1. The van der Waals surface area contributed by atoms with Crippen LogP contribution in [0.1, 0.15) is 19.2 Å². The van der Waals surface area contributed by atoms with Gasteiger partial charge in [-0.2, -0.15) is 11.8 Å². The molecule has 2 N–H and O–H groups in total. The van der Waals surface area contributed by atoms with Crippen molar-refractivity contribution in [3.63, 3.8) is 0 Å². The van der Waals surface area contributed by atoms with E-state index in [9.17, 15) is 0 Å². The first kappa shape index (κ1) is 12.5. The minimum absolute atomic E-state index is 0.825. The molecule has 4 heteroatoms. The molecule has 2 rings (SSSR count). The molecule has 0 saturated heterocycles. The largest absolute Gasteiger partial charge is 0.341 e. The number of para-hydroxylation sites is 2. The summed E-state index contributed by atoms with van der Waals surface area (Å²) in [6.07, 6.45) is 1.22. The summed E-state index contributed by atoms with van der Waals surface area (Å²) >= 11 is 1.99. The van der Waals surface area contributed by atoms with Crippen molar-refractivity contribution in [2.24, 2.45) is 0 Å². The molecule has 0 radical (unpaired) electrons. The summed E-state index contributed by atoms with van der Waals surface area (Å²) in [4.78, 5) is 7.84. The van der Waals surface area contributed by atoms with Crippen molar-refractivity contribution in [3.8, 4) is 0 Å². The van der Waals surface area contributed by atoms with Gasteiger partial charge in [-0.3, -0.25) is 0 Å². The van der Waals surface area contributed by atoms with E-state index in [1.54, 1.807) is 0 Å². The summed E-state index contributed by atoms with van der Waals surface area (Å²) in [5, 5.41) is 3.41. The molecule has 0 aliphatic carbocycles. The van der Waals surface area contributed by atoms with Gasteiger partial charge in [0.25, 0.3) is 0 Å². The number of aromatic amines is 1. The summed E-state index contributed by atoms with van der Waals surface area (Å²) in [5.74, 6) is 3.47. The number of hydrogen-bond acceptors (Lipinski definition) is 3. The summed E-state index contributed by atoms with van der Waals surface area (Å²) in [5.41, 5.74) is 2.16. The van der Waals surface area contributed by atoms with E-state index in [4.69, 9.17) is 0 Å². The van der Waals surface area contributed by atoms with Crippen LogP contribution in [0, 0.1) is 0 Å². The highest BCUT2D eigenvalue weighted by atomic mass is 32.2. The third-order valence-electron chi connectivity index (χ3n) is 2.58. The smallest absolute Gasteiger partial charge is 0.121 e. The zero-order valence-corrected chi connectivity index (χ0v) is 11.0. The lowest BCUT2D eigenvalue weighted by Gasteiger charge is -2.01. The van der Waals surface area contributed by atoms with Crippen LogP contribution < -0.4 is 5.32 Å². The lowest BCUT2D eigenvalue weighted by molar-refractivity contribution is 0.659. The van der Waals surface area contributed by atoms with E-state index >= 15 is 0 Å². The molecule has 0 amide bonds. The van der Waals surface area contributed by atoms with Crippen LogP contribution in [0.15, 0.2) is 24.3 Å². The normalized spacial score (nSPS) is 11.1. The molecule has 0 saturated carbocycles. The van der Waals surface area contributed by atoms with Crippen LogP contribution in [0.25, 0.3) is 11.0 Å². The Hall–Kier alpha value is -1.00. The first-order valence-corrected chi connectivity index (χ1v) is 7.27. The third-order valence-corrected chi connectivity index (χ3v) is 3.56. The fraction of sp³-hybridized carbons (Fsp3) is 0.462. The summed E-state index contributed by atoms with van der Waals surface area (Å²) in [6.45, 7) is 4.09. The van der Waals surface area contributed by atoms with Crippen molar-refractivity contribution < 1.29 is 0 Å². The molecule has 92 valence electrons. The zero-order valence-electron chi connectivity index (χ0n) is 10.2. The van der Waals surface area contributed by atoms with Crippen molar-refractivity contribution in [3.05, 3.63) is 30.1 Å². The molecule has 17 heavy (non-hydrogen) atoms. The molecule has 1 aromatic carbocycles. The van der Waals surface area contributed by atoms with Crippen LogP contribution in [0.2, 0.25) is 0 Å². The molecule has 0 atom stereocenters. The van der Waals surface area contributed by atoms with Gasteiger partial charge in [-0.25, -0.2) is 4.98 Å². The molecule has 0 aliphatic rings. The average Bonchev–Trinajstić information content (AvgIpc) is 2.76. The molecule has 0 bridgehead atoms. The number of aromatic nitrogens is 2. The molecule has 0 spiro atoms. The van der Waals surface area contributed by atoms with E-state index < -0.39 is 0 Å². The van der Waals surface area contributed by atoms with E-state index in [1.807, 2.05) is 30.0 Å². The summed E-state index contributed by atoms with van der Waals surface area (Å²) in [7, 11) is 0. The van der Waals surface area contributed by atoms with Gasteiger partial charge in [-0.15, -0.1) is 0 Å². The highest BCUT2D eigenvalue weighted by molar-refractivity contribution is 7.99. The topological polar surface area (TPSA) is 40.7 Å². The van der Waals surface area contributed by atoms with Gasteiger partial charge in [0.05, 0.1) is 17.6 Å². The van der Waals surface area contributed by atoms with E-state index in [2.05, 4.69) is 28.3 Å². The summed E-state index contributed by atoms with van der Waals surface area (Å²) in [6, 6.07) is 8.14. The minimum Gasteiger partial charge on any atom is -0.341 e. The first-order chi connectivity index (χ1) is 8.40. The Labute approximate surface area is 106 Å². The van der Waals surface area contributed by atoms with Gasteiger partial charge in [0, 0.05) is 0 Å². The first-order valence-electron chi connectivity index (χ1n) is 6.12. The molecule has 0 aliphatic heterocycles. The Balaban J connectivity index is 1.75. The Bertz CT molecular complexity index is 420. The van der Waals surface area contributed by atoms with Gasteiger partial charge < -0.3 is 10.3 Å². The lowest BCUT2D eigenvalue weighted by Crippen LogP contribution is -2.16.